The van der Waals surface area contributed by atoms with Gasteiger partial charge in [0, 0.05) is 5.56 Å². The molecule has 0 heterocycles. The highest BCUT2D eigenvalue weighted by Crippen LogP contribution is 2.25. The van der Waals surface area contributed by atoms with Crippen LogP contribution in [0.15, 0.2) is 0 Å². The zero-order chi connectivity index (χ0) is 14.7. The molecule has 0 aliphatic heterocycles. The zero-order valence-corrected chi connectivity index (χ0v) is 9.60. The number of halogens is 4. The second kappa shape index (κ2) is 5.68. The normalized spacial score (nSPS) is 10.4. The summed E-state index contributed by atoms with van der Waals surface area (Å²) in [5, 5.41) is 8.39. The Morgan fingerprint density at radius 1 is 1.05 bits per heavy atom. The van der Waals surface area contributed by atoms with Gasteiger partial charge in [0.05, 0.1) is 13.0 Å². The van der Waals surface area contributed by atoms with Crippen LogP contribution < -0.4 is 0 Å². The molecule has 0 unspecified atom stereocenters. The van der Waals surface area contributed by atoms with E-state index in [0.717, 1.165) is 0 Å². The Morgan fingerprint density at radius 3 is 1.89 bits per heavy atom. The van der Waals surface area contributed by atoms with E-state index in [1.54, 1.807) is 0 Å². The number of esters is 1. The summed E-state index contributed by atoms with van der Waals surface area (Å²) < 4.78 is 58.0. The molecule has 0 atom stereocenters. The van der Waals surface area contributed by atoms with E-state index in [1.165, 1.54) is 6.92 Å². The van der Waals surface area contributed by atoms with Crippen LogP contribution in [0.25, 0.3) is 0 Å². The van der Waals surface area contributed by atoms with Crippen LogP contribution in [0.1, 0.15) is 22.8 Å². The predicted octanol–water partition coefficient (Wildman–Crippen LogP) is 2.05. The van der Waals surface area contributed by atoms with Gasteiger partial charge in [-0.3, -0.25) is 4.79 Å². The lowest BCUT2D eigenvalue weighted by molar-refractivity contribution is -0.136. The number of benzene rings is 1. The summed E-state index contributed by atoms with van der Waals surface area (Å²) in [6.45, 7) is 1.08. The van der Waals surface area contributed by atoms with E-state index in [0.29, 0.717) is 0 Å². The molecule has 0 aliphatic rings. The number of carboxylic acid groups (broad SMARTS) is 1. The molecule has 104 valence electrons. The van der Waals surface area contributed by atoms with Crippen LogP contribution >= 0.6 is 0 Å². The third-order valence-electron chi connectivity index (χ3n) is 2.16. The molecular formula is C11H8F4O4. The highest BCUT2D eigenvalue weighted by Gasteiger charge is 2.30. The summed E-state index contributed by atoms with van der Waals surface area (Å²) in [5.41, 5.74) is -2.82. The molecule has 0 bridgehead atoms. The first kappa shape index (κ1) is 14.9. The maximum absolute atomic E-state index is 13.5. The van der Waals surface area contributed by atoms with Gasteiger partial charge in [-0.15, -0.1) is 0 Å². The Bertz CT molecular complexity index is 513. The van der Waals surface area contributed by atoms with Crippen LogP contribution in [0, 0.1) is 23.3 Å². The Hall–Kier alpha value is -2.12. The van der Waals surface area contributed by atoms with Crippen LogP contribution in [0.2, 0.25) is 0 Å². The molecule has 0 saturated heterocycles. The minimum Gasteiger partial charge on any atom is -0.481 e. The zero-order valence-electron chi connectivity index (χ0n) is 9.60. The van der Waals surface area contributed by atoms with E-state index in [-0.39, 0.29) is 6.61 Å². The summed E-state index contributed by atoms with van der Waals surface area (Å²) in [4.78, 5) is 21.5. The van der Waals surface area contributed by atoms with Gasteiger partial charge in [0.1, 0.15) is 5.56 Å². The van der Waals surface area contributed by atoms with Crippen molar-refractivity contribution >= 4 is 11.9 Å². The van der Waals surface area contributed by atoms with Gasteiger partial charge in [0.15, 0.2) is 23.3 Å². The number of carbonyl (C=O) groups is 2. The molecule has 4 nitrogen and oxygen atoms in total. The molecule has 0 amide bonds. The summed E-state index contributed by atoms with van der Waals surface area (Å²) >= 11 is 0. The minimum absolute atomic E-state index is 0.252. The first-order valence-electron chi connectivity index (χ1n) is 5.04. The molecule has 0 spiro atoms. The van der Waals surface area contributed by atoms with Gasteiger partial charge in [0.2, 0.25) is 0 Å². The van der Waals surface area contributed by atoms with Crippen LogP contribution in [-0.2, 0) is 16.0 Å². The van der Waals surface area contributed by atoms with Crippen LogP contribution in [0.5, 0.6) is 0 Å². The SMILES string of the molecule is CCOC(=O)c1c(F)c(F)c(CC(=O)O)c(F)c1F. The molecule has 1 N–H and O–H groups in total. The van der Waals surface area contributed by atoms with Crippen molar-refractivity contribution in [2.75, 3.05) is 6.61 Å². The molecule has 19 heavy (non-hydrogen) atoms. The maximum atomic E-state index is 13.5. The van der Waals surface area contributed by atoms with Crippen molar-refractivity contribution in [1.29, 1.82) is 0 Å². The lowest BCUT2D eigenvalue weighted by Crippen LogP contribution is -2.17. The smallest absolute Gasteiger partial charge is 0.344 e. The molecule has 8 heteroatoms. The van der Waals surface area contributed by atoms with Gasteiger partial charge in [-0.2, -0.15) is 0 Å². The van der Waals surface area contributed by atoms with Crippen molar-refractivity contribution < 1.29 is 37.0 Å². The van der Waals surface area contributed by atoms with E-state index in [1.807, 2.05) is 0 Å². The number of aliphatic carboxylic acids is 1. The van der Waals surface area contributed by atoms with Gasteiger partial charge < -0.3 is 9.84 Å². The maximum Gasteiger partial charge on any atom is 0.344 e. The molecule has 0 fully saturated rings. The summed E-state index contributed by atoms with van der Waals surface area (Å²) in [5.74, 6) is -11.1. The fourth-order valence-electron chi connectivity index (χ4n) is 1.37. The monoisotopic (exact) mass is 280 g/mol. The summed E-state index contributed by atoms with van der Waals surface area (Å²) in [6, 6.07) is 0. The van der Waals surface area contributed by atoms with Crippen molar-refractivity contribution in [2.24, 2.45) is 0 Å². The van der Waals surface area contributed by atoms with E-state index < -0.39 is 52.8 Å². The quantitative estimate of drug-likeness (QED) is 0.521. The second-order valence-electron chi connectivity index (χ2n) is 3.40. The highest BCUT2D eigenvalue weighted by atomic mass is 19.2. The first-order valence-corrected chi connectivity index (χ1v) is 5.04. The summed E-state index contributed by atoms with van der Waals surface area (Å²) in [6.07, 6.45) is -1.26. The Balaban J connectivity index is 3.47. The standard InChI is InChI=1S/C11H8F4O4/c1-2-19-11(18)6-9(14)7(12)4(3-5(16)17)8(13)10(6)15/h2-3H2,1H3,(H,16,17). The molecule has 1 aromatic carbocycles. The number of carbonyl (C=O) groups excluding carboxylic acids is 1. The minimum atomic E-state index is -1.98. The van der Waals surface area contributed by atoms with Crippen LogP contribution in [0.3, 0.4) is 0 Å². The number of rotatable bonds is 4. The molecule has 1 rings (SSSR count). The van der Waals surface area contributed by atoms with Gasteiger partial charge in [-0.1, -0.05) is 0 Å². The molecule has 0 radical (unpaired) electrons. The first-order chi connectivity index (χ1) is 8.81. The van der Waals surface area contributed by atoms with Crippen molar-refractivity contribution in [3.05, 3.63) is 34.4 Å². The average Bonchev–Trinajstić information content (AvgIpc) is 2.32. The van der Waals surface area contributed by atoms with Gasteiger partial charge in [-0.05, 0) is 6.92 Å². The average molecular weight is 280 g/mol. The lowest BCUT2D eigenvalue weighted by Gasteiger charge is -2.10. The Morgan fingerprint density at radius 2 is 1.53 bits per heavy atom. The second-order valence-corrected chi connectivity index (χ2v) is 3.40. The molecular weight excluding hydrogens is 272 g/mol. The van der Waals surface area contributed by atoms with E-state index >= 15 is 0 Å². The fourth-order valence-corrected chi connectivity index (χ4v) is 1.37. The van der Waals surface area contributed by atoms with Crippen molar-refractivity contribution in [1.82, 2.24) is 0 Å². The molecule has 0 aromatic heterocycles. The molecule has 0 saturated carbocycles. The number of hydrogen-bond acceptors (Lipinski definition) is 3. The van der Waals surface area contributed by atoms with Crippen LogP contribution in [0.4, 0.5) is 17.6 Å². The topological polar surface area (TPSA) is 63.6 Å². The Labute approximate surface area is 104 Å². The van der Waals surface area contributed by atoms with E-state index in [2.05, 4.69) is 4.74 Å². The predicted molar refractivity (Wildman–Crippen MR) is 53.6 cm³/mol. The van der Waals surface area contributed by atoms with Gasteiger partial charge in [-0.25, -0.2) is 22.4 Å². The summed E-state index contributed by atoms with van der Waals surface area (Å²) in [7, 11) is 0. The van der Waals surface area contributed by atoms with Crippen molar-refractivity contribution in [2.45, 2.75) is 13.3 Å². The highest BCUT2D eigenvalue weighted by molar-refractivity contribution is 5.90. The number of ether oxygens (including phenoxy) is 1. The molecule has 1 aromatic rings. The molecule has 0 aliphatic carbocycles. The van der Waals surface area contributed by atoms with Gasteiger partial charge in [0.25, 0.3) is 0 Å². The third kappa shape index (κ3) is 2.83. The van der Waals surface area contributed by atoms with E-state index in [9.17, 15) is 27.2 Å². The lowest BCUT2D eigenvalue weighted by atomic mass is 10.1. The number of hydrogen-bond donors (Lipinski definition) is 1. The largest absolute Gasteiger partial charge is 0.481 e. The fraction of sp³-hybridized carbons (Fsp3) is 0.273. The number of carboxylic acids is 1. The van der Waals surface area contributed by atoms with Gasteiger partial charge >= 0.3 is 11.9 Å². The Kier molecular flexibility index (Phi) is 4.47. The van der Waals surface area contributed by atoms with Crippen molar-refractivity contribution in [3.63, 3.8) is 0 Å². The third-order valence-corrected chi connectivity index (χ3v) is 2.16. The van der Waals surface area contributed by atoms with Crippen molar-refractivity contribution in [3.8, 4) is 0 Å². The van der Waals surface area contributed by atoms with E-state index in [4.69, 9.17) is 5.11 Å². The van der Waals surface area contributed by atoms with Crippen LogP contribution in [-0.4, -0.2) is 23.7 Å².